The monoisotopic (exact) mass is 448 g/mol. The van der Waals surface area contributed by atoms with Crippen LogP contribution in [0.1, 0.15) is 44.6 Å². The van der Waals surface area contributed by atoms with Crippen LogP contribution < -0.4 is 10.1 Å². The van der Waals surface area contributed by atoms with Gasteiger partial charge in [-0.15, -0.1) is 0 Å². The minimum absolute atomic E-state index is 0.0755. The molecule has 2 aromatic carbocycles. The van der Waals surface area contributed by atoms with Gasteiger partial charge in [0.1, 0.15) is 5.75 Å². The van der Waals surface area contributed by atoms with Gasteiger partial charge in [0.25, 0.3) is 0 Å². The topological polar surface area (TPSA) is 80.5 Å². The van der Waals surface area contributed by atoms with E-state index in [9.17, 15) is 4.79 Å². The number of ether oxygens (including phenoxy) is 1. The van der Waals surface area contributed by atoms with Crippen LogP contribution in [0.5, 0.6) is 5.75 Å². The van der Waals surface area contributed by atoms with Gasteiger partial charge in [-0.3, -0.25) is 9.69 Å². The lowest BCUT2D eigenvalue weighted by Gasteiger charge is -2.30. The van der Waals surface area contributed by atoms with Crippen molar-refractivity contribution >= 4 is 11.6 Å². The fraction of sp³-hybridized carbons (Fsp3) is 0.423. The first-order valence-electron chi connectivity index (χ1n) is 11.8. The number of aromatic nitrogens is 2. The van der Waals surface area contributed by atoms with E-state index in [1.807, 2.05) is 43.3 Å². The van der Waals surface area contributed by atoms with E-state index in [1.54, 1.807) is 0 Å². The van der Waals surface area contributed by atoms with Crippen LogP contribution in [0, 0.1) is 5.92 Å². The second kappa shape index (κ2) is 11.1. The van der Waals surface area contributed by atoms with Crippen LogP contribution in [0.4, 0.5) is 5.69 Å². The molecule has 1 N–H and O–H groups in total. The van der Waals surface area contributed by atoms with Crippen molar-refractivity contribution in [2.75, 3.05) is 25.0 Å². The number of anilines is 1. The zero-order chi connectivity index (χ0) is 23.0. The molecule has 1 aliphatic heterocycles. The highest BCUT2D eigenvalue weighted by Gasteiger charge is 2.16. The lowest BCUT2D eigenvalue weighted by atomic mass is 10.00. The van der Waals surface area contributed by atoms with E-state index in [0.717, 1.165) is 36.0 Å². The summed E-state index contributed by atoms with van der Waals surface area (Å²) in [4.78, 5) is 19.3. The van der Waals surface area contributed by atoms with Crippen molar-refractivity contribution in [3.8, 4) is 17.1 Å². The molecule has 1 saturated heterocycles. The number of amides is 1. The molecule has 0 aliphatic carbocycles. The Balaban J connectivity index is 1.24. The molecule has 0 spiro atoms. The normalized spacial score (nSPS) is 16.5. The third-order valence-corrected chi connectivity index (χ3v) is 5.84. The van der Waals surface area contributed by atoms with Crippen molar-refractivity contribution < 1.29 is 14.1 Å². The first-order valence-corrected chi connectivity index (χ1v) is 11.8. The van der Waals surface area contributed by atoms with Gasteiger partial charge in [0, 0.05) is 37.2 Å². The highest BCUT2D eigenvalue weighted by Crippen LogP contribution is 2.21. The Bertz CT molecular complexity index is 1030. The molecule has 2 heterocycles. The van der Waals surface area contributed by atoms with Crippen molar-refractivity contribution in [3.63, 3.8) is 0 Å². The summed E-state index contributed by atoms with van der Waals surface area (Å²) in [5, 5.41) is 6.97. The maximum Gasteiger partial charge on any atom is 0.227 e. The van der Waals surface area contributed by atoms with Gasteiger partial charge in [0.2, 0.25) is 17.6 Å². The second-order valence-electron chi connectivity index (χ2n) is 8.70. The third-order valence-electron chi connectivity index (χ3n) is 5.84. The number of nitrogens with zero attached hydrogens (tertiary/aromatic N) is 3. The van der Waals surface area contributed by atoms with Gasteiger partial charge < -0.3 is 14.6 Å². The van der Waals surface area contributed by atoms with E-state index < -0.39 is 0 Å². The van der Waals surface area contributed by atoms with Gasteiger partial charge >= 0.3 is 0 Å². The van der Waals surface area contributed by atoms with Gasteiger partial charge in [-0.05, 0) is 74.2 Å². The molecular weight excluding hydrogens is 416 g/mol. The standard InChI is InChI=1S/C26H32N4O3/c1-3-32-23-12-8-21(9-13-23)26-28-25(33-29-26)15-14-24(31)27-22-10-6-20(7-11-22)18-30-16-4-5-19(2)17-30/h6-13,19H,3-5,14-18H2,1-2H3,(H,27,31). The van der Waals surface area contributed by atoms with Crippen LogP contribution in [0.3, 0.4) is 0 Å². The molecule has 0 bridgehead atoms. The molecule has 1 amide bonds. The minimum atomic E-state index is -0.0755. The summed E-state index contributed by atoms with van der Waals surface area (Å²) >= 11 is 0. The highest BCUT2D eigenvalue weighted by molar-refractivity contribution is 5.90. The van der Waals surface area contributed by atoms with Gasteiger partial charge in [0.05, 0.1) is 6.61 Å². The van der Waals surface area contributed by atoms with Gasteiger partial charge in [0.15, 0.2) is 0 Å². The minimum Gasteiger partial charge on any atom is -0.494 e. The van der Waals surface area contributed by atoms with Crippen molar-refractivity contribution in [1.82, 2.24) is 15.0 Å². The summed E-state index contributed by atoms with van der Waals surface area (Å²) in [6.45, 7) is 8.18. The smallest absolute Gasteiger partial charge is 0.227 e. The van der Waals surface area contributed by atoms with Crippen LogP contribution in [0.25, 0.3) is 11.4 Å². The molecule has 1 atom stereocenters. The fourth-order valence-electron chi connectivity index (χ4n) is 4.17. The van der Waals surface area contributed by atoms with Crippen LogP contribution >= 0.6 is 0 Å². The van der Waals surface area contributed by atoms with Crippen LogP contribution in [0.15, 0.2) is 53.1 Å². The fourth-order valence-corrected chi connectivity index (χ4v) is 4.17. The number of likely N-dealkylation sites (tertiary alicyclic amines) is 1. The Hall–Kier alpha value is -3.19. The van der Waals surface area contributed by atoms with E-state index >= 15 is 0 Å². The van der Waals surface area contributed by atoms with Crippen molar-refractivity contribution in [1.29, 1.82) is 0 Å². The number of benzene rings is 2. The SMILES string of the molecule is CCOc1ccc(-c2noc(CCC(=O)Nc3ccc(CN4CCCC(C)C4)cc3)n2)cc1. The van der Waals surface area contributed by atoms with Crippen molar-refractivity contribution in [3.05, 3.63) is 60.0 Å². The van der Waals surface area contributed by atoms with Crippen molar-refractivity contribution in [2.24, 2.45) is 5.92 Å². The predicted octanol–water partition coefficient (Wildman–Crippen LogP) is 4.94. The van der Waals surface area contributed by atoms with E-state index in [4.69, 9.17) is 9.26 Å². The lowest BCUT2D eigenvalue weighted by molar-refractivity contribution is -0.116. The third kappa shape index (κ3) is 6.65. The number of carbonyl (C=O) groups is 1. The molecule has 33 heavy (non-hydrogen) atoms. The first-order chi connectivity index (χ1) is 16.1. The van der Waals surface area contributed by atoms with Crippen molar-refractivity contribution in [2.45, 2.75) is 46.1 Å². The van der Waals surface area contributed by atoms with E-state index in [-0.39, 0.29) is 12.3 Å². The maximum atomic E-state index is 12.4. The number of aryl methyl sites for hydroxylation is 1. The zero-order valence-electron chi connectivity index (χ0n) is 19.4. The molecule has 174 valence electrons. The zero-order valence-corrected chi connectivity index (χ0v) is 19.4. The molecule has 1 aliphatic rings. The summed E-state index contributed by atoms with van der Waals surface area (Å²) in [7, 11) is 0. The van der Waals surface area contributed by atoms with Gasteiger partial charge in [-0.25, -0.2) is 0 Å². The summed E-state index contributed by atoms with van der Waals surface area (Å²) in [6.07, 6.45) is 3.27. The predicted molar refractivity (Wildman–Crippen MR) is 128 cm³/mol. The average Bonchev–Trinajstić information content (AvgIpc) is 3.29. The number of hydrogen-bond acceptors (Lipinski definition) is 6. The number of nitrogens with one attached hydrogen (secondary N) is 1. The van der Waals surface area contributed by atoms with Gasteiger partial charge in [-0.2, -0.15) is 4.98 Å². The van der Waals surface area contributed by atoms with E-state index in [1.165, 1.54) is 24.9 Å². The first kappa shape index (κ1) is 23.0. The largest absolute Gasteiger partial charge is 0.494 e. The summed E-state index contributed by atoms with van der Waals surface area (Å²) in [5.41, 5.74) is 2.92. The van der Waals surface area contributed by atoms with Crippen LogP contribution in [0.2, 0.25) is 0 Å². The quantitative estimate of drug-likeness (QED) is 0.499. The number of hydrogen-bond donors (Lipinski definition) is 1. The number of piperidine rings is 1. The Morgan fingerprint density at radius 2 is 1.97 bits per heavy atom. The molecule has 0 radical (unpaired) electrons. The van der Waals surface area contributed by atoms with E-state index in [0.29, 0.717) is 24.7 Å². The summed E-state index contributed by atoms with van der Waals surface area (Å²) in [6, 6.07) is 15.7. The highest BCUT2D eigenvalue weighted by atomic mass is 16.5. The molecule has 0 saturated carbocycles. The molecule has 1 aromatic heterocycles. The van der Waals surface area contributed by atoms with Crippen LogP contribution in [-0.2, 0) is 17.8 Å². The van der Waals surface area contributed by atoms with E-state index in [2.05, 4.69) is 39.4 Å². The molecular formula is C26H32N4O3. The maximum absolute atomic E-state index is 12.4. The lowest BCUT2D eigenvalue weighted by Crippen LogP contribution is -2.33. The summed E-state index contributed by atoms with van der Waals surface area (Å²) in [5.74, 6) is 2.45. The second-order valence-corrected chi connectivity index (χ2v) is 8.70. The molecule has 1 unspecified atom stereocenters. The number of rotatable bonds is 9. The van der Waals surface area contributed by atoms with Gasteiger partial charge in [-0.1, -0.05) is 24.2 Å². The Kier molecular flexibility index (Phi) is 7.73. The molecule has 4 rings (SSSR count). The molecule has 7 heteroatoms. The Morgan fingerprint density at radius 1 is 1.18 bits per heavy atom. The molecule has 3 aromatic rings. The van der Waals surface area contributed by atoms with Crippen LogP contribution in [-0.4, -0.2) is 40.6 Å². The Labute approximate surface area is 195 Å². The summed E-state index contributed by atoms with van der Waals surface area (Å²) < 4.78 is 10.8. The average molecular weight is 449 g/mol. The Morgan fingerprint density at radius 3 is 2.70 bits per heavy atom. The number of carbonyl (C=O) groups excluding carboxylic acids is 1. The molecule has 7 nitrogen and oxygen atoms in total. The molecule has 1 fully saturated rings.